The van der Waals surface area contributed by atoms with Crippen LogP contribution < -0.4 is 19.7 Å². The zero-order valence-electron chi connectivity index (χ0n) is 34.7. The number of pyridine rings is 1. The molecule has 15 nitrogen and oxygen atoms in total. The molecule has 5 aromatic rings. The first-order valence-electron chi connectivity index (χ1n) is 20.7. The Balaban J connectivity index is 1.04. The molecule has 2 aliphatic heterocycles. The van der Waals surface area contributed by atoms with E-state index < -0.39 is 37.0 Å². The number of aliphatic hydroxyl groups is 1. The molecule has 2 fully saturated rings. The second-order valence-corrected chi connectivity index (χ2v) is 19.2. The van der Waals surface area contributed by atoms with Gasteiger partial charge in [0.15, 0.2) is 0 Å². The fourth-order valence-corrected chi connectivity index (χ4v) is 9.76. The first-order chi connectivity index (χ1) is 29.7. The van der Waals surface area contributed by atoms with Gasteiger partial charge in [-0.2, -0.15) is 0 Å². The smallest absolute Gasteiger partial charge is 0.293 e. The molecule has 1 aliphatic carbocycles. The van der Waals surface area contributed by atoms with Crippen LogP contribution in [0.1, 0.15) is 61.9 Å². The zero-order valence-corrected chi connectivity index (χ0v) is 36.2. The number of amides is 1. The van der Waals surface area contributed by atoms with Crippen LogP contribution in [-0.4, -0.2) is 97.3 Å². The molecule has 0 saturated carbocycles. The lowest BCUT2D eigenvalue weighted by atomic mass is 9.72. The van der Waals surface area contributed by atoms with Gasteiger partial charge in [-0.3, -0.25) is 19.8 Å². The molecule has 2 aromatic heterocycles. The maximum Gasteiger partial charge on any atom is 0.293 e. The summed E-state index contributed by atoms with van der Waals surface area (Å²) in [5.74, 6) is -0.586. The highest BCUT2D eigenvalue weighted by atomic mass is 35.5. The number of nitro benzene ring substituents is 1. The first-order valence-corrected chi connectivity index (χ1v) is 22.6. The van der Waals surface area contributed by atoms with Gasteiger partial charge in [-0.1, -0.05) is 49.2 Å². The topological polar surface area (TPSA) is 192 Å². The minimum absolute atomic E-state index is 0.0801. The number of rotatable bonds is 13. The molecule has 3 aromatic carbocycles. The Bertz CT molecular complexity index is 2620. The molecule has 8 rings (SSSR count). The first kappa shape index (κ1) is 43.1. The molecule has 3 aliphatic rings. The highest BCUT2D eigenvalue weighted by Gasteiger charge is 2.34. The summed E-state index contributed by atoms with van der Waals surface area (Å²) in [7, 11) is -4.73. The van der Waals surface area contributed by atoms with E-state index in [1.54, 1.807) is 24.4 Å². The summed E-state index contributed by atoms with van der Waals surface area (Å²) in [6.07, 6.45) is 6.93. The molecule has 2 saturated heterocycles. The molecule has 1 amide bonds. The van der Waals surface area contributed by atoms with Crippen LogP contribution in [0.5, 0.6) is 11.5 Å². The standard InChI is InChI=1S/C45H50ClN7O8S/c1-44(2)14-12-32(37(26-44)30-6-8-33(46)9-7-30)28-51-18-20-52(21-19-51)34-10-11-36(39(25-34)61-35-24-31-13-17-47-42(31)48-27-35)43(54)50-62(58,59)40-5-3-4-38(53(56)57)41(40)49-29-45(55)15-22-60-23-16-45/h3-11,13,17,24-25,27,49,55H,12,14-16,18-23,26,28-29H2,1-2H3,(H,47,48)(H,50,54). The second kappa shape index (κ2) is 17.7. The van der Waals surface area contributed by atoms with Crippen molar-refractivity contribution in [2.45, 2.75) is 56.4 Å². The van der Waals surface area contributed by atoms with E-state index in [0.29, 0.717) is 24.5 Å². The number of sulfonamides is 1. The Morgan fingerprint density at radius 3 is 2.53 bits per heavy atom. The van der Waals surface area contributed by atoms with E-state index in [1.807, 2.05) is 18.2 Å². The number of hydrogen-bond donors (Lipinski definition) is 4. The van der Waals surface area contributed by atoms with Crippen LogP contribution in [0.4, 0.5) is 17.1 Å². The van der Waals surface area contributed by atoms with Gasteiger partial charge in [0, 0.05) is 99.7 Å². The van der Waals surface area contributed by atoms with E-state index in [-0.39, 0.29) is 55.0 Å². The number of allylic oxidation sites excluding steroid dienone is 1. The molecule has 0 radical (unpaired) electrons. The van der Waals surface area contributed by atoms with Crippen molar-refractivity contribution in [3.05, 3.63) is 117 Å². The molecule has 17 heteroatoms. The van der Waals surface area contributed by atoms with Crippen molar-refractivity contribution >= 4 is 61.2 Å². The lowest BCUT2D eigenvalue weighted by molar-refractivity contribution is -0.384. The summed E-state index contributed by atoms with van der Waals surface area (Å²) in [6.45, 7) is 8.93. The van der Waals surface area contributed by atoms with Crippen molar-refractivity contribution in [2.75, 3.05) is 62.7 Å². The number of carbonyl (C=O) groups is 1. The van der Waals surface area contributed by atoms with Gasteiger partial charge in [-0.05, 0) is 78.3 Å². The van der Waals surface area contributed by atoms with E-state index in [1.165, 1.54) is 41.1 Å². The number of hydrogen-bond acceptors (Lipinski definition) is 12. The average molecular weight is 884 g/mol. The van der Waals surface area contributed by atoms with Crippen LogP contribution >= 0.6 is 11.6 Å². The molecule has 4 heterocycles. The Kier molecular flexibility index (Phi) is 12.3. The number of piperazine rings is 1. The SMILES string of the molecule is CC1(C)CCC(CN2CCN(c3ccc(C(=O)NS(=O)(=O)c4cccc([N+](=O)[O-])c4NCC4(O)CCOCC4)c(Oc4cnc5[nH]ccc5c4)c3)CC2)=C(c2ccc(Cl)cc2)C1. The van der Waals surface area contributed by atoms with Gasteiger partial charge in [-0.15, -0.1) is 0 Å². The number of carbonyl (C=O) groups excluding carboxylic acids is 1. The number of para-hydroxylation sites is 1. The Morgan fingerprint density at radius 2 is 1.79 bits per heavy atom. The number of nitrogens with one attached hydrogen (secondary N) is 3. The van der Waals surface area contributed by atoms with Crippen molar-refractivity contribution in [3.63, 3.8) is 0 Å². The average Bonchev–Trinajstić information content (AvgIpc) is 3.72. The molecular weight excluding hydrogens is 834 g/mol. The highest BCUT2D eigenvalue weighted by molar-refractivity contribution is 7.90. The quantitative estimate of drug-likeness (QED) is 0.0665. The summed E-state index contributed by atoms with van der Waals surface area (Å²) < 4.78 is 41.8. The van der Waals surface area contributed by atoms with Gasteiger partial charge in [0.2, 0.25) is 0 Å². The van der Waals surface area contributed by atoms with Crippen molar-refractivity contribution in [2.24, 2.45) is 5.41 Å². The van der Waals surface area contributed by atoms with Gasteiger partial charge < -0.3 is 29.8 Å². The van der Waals surface area contributed by atoms with Gasteiger partial charge in [-0.25, -0.2) is 18.1 Å². The Morgan fingerprint density at radius 1 is 1.03 bits per heavy atom. The number of anilines is 2. The third-order valence-corrected chi connectivity index (χ3v) is 13.7. The normalized spacial score (nSPS) is 18.1. The van der Waals surface area contributed by atoms with Gasteiger partial charge in [0.1, 0.15) is 27.7 Å². The predicted molar refractivity (Wildman–Crippen MR) is 239 cm³/mol. The number of H-pyrrole nitrogens is 1. The van der Waals surface area contributed by atoms with Crippen molar-refractivity contribution < 1.29 is 32.7 Å². The molecule has 0 unspecified atom stereocenters. The minimum Gasteiger partial charge on any atom is -0.455 e. The van der Waals surface area contributed by atoms with Crippen LogP contribution in [0.25, 0.3) is 16.6 Å². The molecule has 0 atom stereocenters. The molecule has 62 heavy (non-hydrogen) atoms. The van der Waals surface area contributed by atoms with E-state index in [0.717, 1.165) is 61.1 Å². The van der Waals surface area contributed by atoms with Crippen molar-refractivity contribution in [1.29, 1.82) is 0 Å². The second-order valence-electron chi connectivity index (χ2n) is 17.1. The maximum absolute atomic E-state index is 14.1. The highest BCUT2D eigenvalue weighted by Crippen LogP contribution is 2.44. The van der Waals surface area contributed by atoms with Crippen molar-refractivity contribution in [1.82, 2.24) is 19.6 Å². The van der Waals surface area contributed by atoms with Crippen molar-refractivity contribution in [3.8, 4) is 11.5 Å². The van der Waals surface area contributed by atoms with Crippen LogP contribution in [-0.2, 0) is 14.8 Å². The molecule has 0 bridgehead atoms. The largest absolute Gasteiger partial charge is 0.455 e. The van der Waals surface area contributed by atoms with Crippen LogP contribution in [0.2, 0.25) is 5.02 Å². The third-order valence-electron chi connectivity index (χ3n) is 12.1. The monoisotopic (exact) mass is 883 g/mol. The molecule has 0 spiro atoms. The summed E-state index contributed by atoms with van der Waals surface area (Å²) in [6, 6.07) is 20.3. The number of benzene rings is 3. The van der Waals surface area contributed by atoms with E-state index >= 15 is 0 Å². The number of aromatic nitrogens is 2. The summed E-state index contributed by atoms with van der Waals surface area (Å²) in [5.41, 5.74) is 3.48. The molecular formula is C45H50ClN7O8S. The number of aromatic amines is 1. The molecule has 326 valence electrons. The number of ether oxygens (including phenoxy) is 2. The summed E-state index contributed by atoms with van der Waals surface area (Å²) >= 11 is 6.24. The fraction of sp³-hybridized carbons (Fsp3) is 0.378. The summed E-state index contributed by atoms with van der Waals surface area (Å²) in [5, 5.41) is 27.4. The van der Waals surface area contributed by atoms with Crippen LogP contribution in [0.3, 0.4) is 0 Å². The zero-order chi connectivity index (χ0) is 43.6. The number of nitro groups is 1. The van der Waals surface area contributed by atoms with Crippen LogP contribution in [0.15, 0.2) is 95.7 Å². The van der Waals surface area contributed by atoms with E-state index in [9.17, 15) is 28.4 Å². The fourth-order valence-electron chi connectivity index (χ4n) is 8.47. The Hall–Kier alpha value is -5.52. The third kappa shape index (κ3) is 9.74. The number of nitrogens with zero attached hydrogens (tertiary/aromatic N) is 4. The van der Waals surface area contributed by atoms with Crippen LogP contribution in [0, 0.1) is 15.5 Å². The number of fused-ring (bicyclic) bond motifs is 1. The molecule has 4 N–H and O–H groups in total. The van der Waals surface area contributed by atoms with E-state index in [2.05, 4.69) is 55.8 Å². The van der Waals surface area contributed by atoms with Gasteiger partial charge in [0.05, 0.1) is 22.3 Å². The van der Waals surface area contributed by atoms with Gasteiger partial charge >= 0.3 is 0 Å². The summed E-state index contributed by atoms with van der Waals surface area (Å²) in [4.78, 5) is 37.1. The van der Waals surface area contributed by atoms with Gasteiger partial charge in [0.25, 0.3) is 21.6 Å². The lowest BCUT2D eigenvalue weighted by Crippen LogP contribution is -2.47. The Labute approximate surface area is 365 Å². The predicted octanol–water partition coefficient (Wildman–Crippen LogP) is 7.77. The lowest BCUT2D eigenvalue weighted by Gasteiger charge is -2.39. The number of halogens is 1. The van der Waals surface area contributed by atoms with E-state index in [4.69, 9.17) is 21.1 Å². The maximum atomic E-state index is 14.1. The minimum atomic E-state index is -4.73.